The van der Waals surface area contributed by atoms with Gasteiger partial charge < -0.3 is 0 Å². The van der Waals surface area contributed by atoms with Gasteiger partial charge >= 0.3 is 0 Å². The molecule has 0 aliphatic heterocycles. The second kappa shape index (κ2) is 8.91. The van der Waals surface area contributed by atoms with Crippen LogP contribution in [0, 0.1) is 11.3 Å². The molecular formula is C16H16ClNO. The zero-order valence-corrected chi connectivity index (χ0v) is 11.9. The van der Waals surface area contributed by atoms with E-state index in [0.717, 1.165) is 0 Å². The molecule has 0 bridgehead atoms. The van der Waals surface area contributed by atoms with E-state index in [1.54, 1.807) is 37.3 Å². The number of carbonyl (C=O) groups is 1. The molecule has 0 atom stereocenters. The average molecular weight is 274 g/mol. The van der Waals surface area contributed by atoms with Gasteiger partial charge in [-0.25, -0.2) is 0 Å². The maximum atomic E-state index is 11.4. The number of hydrogen-bond acceptors (Lipinski definition) is 2. The van der Waals surface area contributed by atoms with Crippen LogP contribution < -0.4 is 0 Å². The Balaban J connectivity index is 6.38. The van der Waals surface area contributed by atoms with Gasteiger partial charge in [0.25, 0.3) is 5.24 Å². The standard InChI is InChI=1S/C16H16ClNO/c1-5-9-10-13(8-4)15(12(6-2)7-3)14(11-18)16(17)19/h5-10H,2,4H2,1,3H3/b9-5-,12-7+,13-10+,15-14+. The molecule has 0 aliphatic carbocycles. The smallest absolute Gasteiger partial charge is 0.263 e. The molecule has 3 heteroatoms. The molecule has 19 heavy (non-hydrogen) atoms. The maximum absolute atomic E-state index is 11.4. The van der Waals surface area contributed by atoms with Crippen molar-refractivity contribution in [2.24, 2.45) is 0 Å². The molecule has 0 spiro atoms. The zero-order valence-electron chi connectivity index (χ0n) is 11.1. The van der Waals surface area contributed by atoms with E-state index in [0.29, 0.717) is 16.7 Å². The number of rotatable bonds is 6. The van der Waals surface area contributed by atoms with Gasteiger partial charge in [0.05, 0.1) is 0 Å². The Morgan fingerprint density at radius 2 is 1.79 bits per heavy atom. The van der Waals surface area contributed by atoms with Crippen molar-refractivity contribution in [2.45, 2.75) is 13.8 Å². The predicted octanol–water partition coefficient (Wildman–Crippen LogP) is 4.39. The van der Waals surface area contributed by atoms with E-state index in [9.17, 15) is 4.79 Å². The molecule has 0 aromatic rings. The van der Waals surface area contributed by atoms with Crippen LogP contribution >= 0.6 is 11.6 Å². The van der Waals surface area contributed by atoms with Crippen LogP contribution in [-0.2, 0) is 4.79 Å². The van der Waals surface area contributed by atoms with E-state index in [-0.39, 0.29) is 5.57 Å². The first-order valence-electron chi connectivity index (χ1n) is 5.66. The summed E-state index contributed by atoms with van der Waals surface area (Å²) >= 11 is 5.47. The van der Waals surface area contributed by atoms with Crippen molar-refractivity contribution in [3.05, 3.63) is 71.9 Å². The van der Waals surface area contributed by atoms with E-state index in [2.05, 4.69) is 13.2 Å². The van der Waals surface area contributed by atoms with Gasteiger partial charge in [-0.1, -0.05) is 49.6 Å². The van der Waals surface area contributed by atoms with Gasteiger partial charge in [-0.3, -0.25) is 4.79 Å². The van der Waals surface area contributed by atoms with Crippen molar-refractivity contribution in [3.63, 3.8) is 0 Å². The Morgan fingerprint density at radius 1 is 1.21 bits per heavy atom. The second-order valence-electron chi connectivity index (χ2n) is 3.44. The fourth-order valence-electron chi connectivity index (χ4n) is 1.47. The van der Waals surface area contributed by atoms with E-state index in [1.165, 1.54) is 0 Å². The second-order valence-corrected chi connectivity index (χ2v) is 3.78. The lowest BCUT2D eigenvalue weighted by atomic mass is 9.92. The summed E-state index contributed by atoms with van der Waals surface area (Å²) in [6, 6.07) is 1.84. The van der Waals surface area contributed by atoms with Gasteiger partial charge in [0.2, 0.25) is 0 Å². The van der Waals surface area contributed by atoms with E-state index < -0.39 is 5.24 Å². The summed E-state index contributed by atoms with van der Waals surface area (Å²) in [7, 11) is 0. The maximum Gasteiger partial charge on any atom is 0.263 e. The van der Waals surface area contributed by atoms with Crippen LogP contribution in [0.5, 0.6) is 0 Å². The molecule has 2 nitrogen and oxygen atoms in total. The third-order valence-electron chi connectivity index (χ3n) is 2.35. The SMILES string of the molecule is C=CC(=C\C)/C(C(/C=C)=C/C=C\C)=C(/C#N)C(=O)Cl. The minimum Gasteiger partial charge on any atom is -0.275 e. The van der Waals surface area contributed by atoms with Crippen molar-refractivity contribution in [1.82, 2.24) is 0 Å². The molecule has 0 aliphatic rings. The summed E-state index contributed by atoms with van der Waals surface area (Å²) in [6.45, 7) is 11.0. The Bertz CT molecular complexity index is 540. The Hall–Kier alpha value is -2.11. The minimum atomic E-state index is -0.799. The van der Waals surface area contributed by atoms with Crippen LogP contribution in [0.25, 0.3) is 0 Å². The van der Waals surface area contributed by atoms with Crippen LogP contribution in [0.4, 0.5) is 0 Å². The first-order chi connectivity index (χ1) is 9.06. The number of hydrogen-bond donors (Lipinski definition) is 0. The van der Waals surface area contributed by atoms with Crippen molar-refractivity contribution in [1.29, 1.82) is 5.26 Å². The Kier molecular flexibility index (Phi) is 7.92. The predicted molar refractivity (Wildman–Crippen MR) is 80.5 cm³/mol. The molecule has 0 unspecified atom stereocenters. The molecule has 0 saturated carbocycles. The Labute approximate surface area is 119 Å². The first-order valence-corrected chi connectivity index (χ1v) is 6.04. The van der Waals surface area contributed by atoms with Gasteiger partial charge in [-0.05, 0) is 36.6 Å². The lowest BCUT2D eigenvalue weighted by Gasteiger charge is -2.11. The summed E-state index contributed by atoms with van der Waals surface area (Å²) in [5, 5.41) is 8.32. The molecular weight excluding hydrogens is 258 g/mol. The highest BCUT2D eigenvalue weighted by atomic mass is 35.5. The van der Waals surface area contributed by atoms with Crippen LogP contribution in [-0.4, -0.2) is 5.24 Å². The minimum absolute atomic E-state index is 0.120. The molecule has 0 amide bonds. The molecule has 0 radical (unpaired) electrons. The van der Waals surface area contributed by atoms with Crippen LogP contribution in [0.1, 0.15) is 13.8 Å². The quantitative estimate of drug-likeness (QED) is 0.312. The average Bonchev–Trinajstić information content (AvgIpc) is 2.40. The van der Waals surface area contributed by atoms with E-state index >= 15 is 0 Å². The monoisotopic (exact) mass is 273 g/mol. The summed E-state index contributed by atoms with van der Waals surface area (Å²) < 4.78 is 0. The molecule has 0 aromatic heterocycles. The molecule has 0 aromatic carbocycles. The van der Waals surface area contributed by atoms with Crippen molar-refractivity contribution < 1.29 is 4.79 Å². The highest BCUT2D eigenvalue weighted by Crippen LogP contribution is 2.26. The van der Waals surface area contributed by atoms with Gasteiger partial charge in [0, 0.05) is 5.57 Å². The van der Waals surface area contributed by atoms with E-state index in [4.69, 9.17) is 16.9 Å². The topological polar surface area (TPSA) is 40.9 Å². The number of carbonyl (C=O) groups excluding carboxylic acids is 1. The highest BCUT2D eigenvalue weighted by molar-refractivity contribution is 6.68. The molecule has 0 rings (SSSR count). The van der Waals surface area contributed by atoms with E-state index in [1.807, 2.05) is 19.1 Å². The number of nitriles is 1. The van der Waals surface area contributed by atoms with Gasteiger partial charge in [0.1, 0.15) is 11.6 Å². The van der Waals surface area contributed by atoms with Gasteiger partial charge in [-0.15, -0.1) is 0 Å². The van der Waals surface area contributed by atoms with Gasteiger partial charge in [0.15, 0.2) is 0 Å². The lowest BCUT2D eigenvalue weighted by molar-refractivity contribution is -0.108. The molecule has 0 heterocycles. The third kappa shape index (κ3) is 4.57. The third-order valence-corrected chi connectivity index (χ3v) is 2.54. The fraction of sp³-hybridized carbons (Fsp3) is 0.125. The highest BCUT2D eigenvalue weighted by Gasteiger charge is 2.17. The summed E-state index contributed by atoms with van der Waals surface area (Å²) in [6.07, 6.45) is 10.3. The largest absolute Gasteiger partial charge is 0.275 e. The summed E-state index contributed by atoms with van der Waals surface area (Å²) in [5.41, 5.74) is 1.61. The number of allylic oxidation sites excluding steroid dienone is 10. The lowest BCUT2D eigenvalue weighted by Crippen LogP contribution is -2.01. The molecule has 0 fully saturated rings. The number of nitrogens with zero attached hydrogens (tertiary/aromatic N) is 1. The molecule has 0 N–H and O–H groups in total. The molecule has 0 saturated heterocycles. The van der Waals surface area contributed by atoms with Gasteiger partial charge in [-0.2, -0.15) is 5.26 Å². The number of halogens is 1. The summed E-state index contributed by atoms with van der Waals surface area (Å²) in [5.74, 6) is 0. The van der Waals surface area contributed by atoms with Crippen molar-refractivity contribution in [3.8, 4) is 6.07 Å². The normalized spacial score (nSPS) is 13.8. The van der Waals surface area contributed by atoms with Crippen molar-refractivity contribution >= 4 is 16.8 Å². The van der Waals surface area contributed by atoms with Crippen LogP contribution in [0.2, 0.25) is 0 Å². The van der Waals surface area contributed by atoms with Crippen LogP contribution in [0.15, 0.2) is 71.9 Å². The van der Waals surface area contributed by atoms with Crippen molar-refractivity contribution in [2.75, 3.05) is 0 Å². The first kappa shape index (κ1) is 16.9. The summed E-state index contributed by atoms with van der Waals surface area (Å²) in [4.78, 5) is 11.4. The molecule has 98 valence electrons. The zero-order chi connectivity index (χ0) is 14.8. The van der Waals surface area contributed by atoms with Crippen LogP contribution in [0.3, 0.4) is 0 Å². The fourth-order valence-corrected chi connectivity index (χ4v) is 1.61. The Morgan fingerprint density at radius 3 is 2.11 bits per heavy atom.